The van der Waals surface area contributed by atoms with E-state index in [1.807, 2.05) is 37.3 Å². The SMILES string of the molecule is CCC1(OC(=O)COc2ccc(C3(c4ccccc4)OC4C5CC(C4O3)C(C(F)(F)C(C)(F)F)C5)cc2)CCCC1. The lowest BCUT2D eigenvalue weighted by Gasteiger charge is -2.37. The normalized spacial score (nSPS) is 32.2. The molecule has 1 aliphatic heterocycles. The summed E-state index contributed by atoms with van der Waals surface area (Å²) < 4.78 is 82.1. The second kappa shape index (κ2) is 10.3. The van der Waals surface area contributed by atoms with Gasteiger partial charge in [0, 0.05) is 24.0 Å². The van der Waals surface area contributed by atoms with Gasteiger partial charge in [-0.1, -0.05) is 37.3 Å². The first-order valence-electron chi connectivity index (χ1n) is 14.6. The molecular formula is C32H36F4O5. The molecule has 6 unspecified atom stereocenters. The van der Waals surface area contributed by atoms with Crippen molar-refractivity contribution in [2.45, 2.75) is 94.2 Å². The highest BCUT2D eigenvalue weighted by atomic mass is 19.3. The van der Waals surface area contributed by atoms with Gasteiger partial charge in [-0.2, -0.15) is 8.78 Å². The summed E-state index contributed by atoms with van der Waals surface area (Å²) in [5.41, 5.74) is 0.904. The molecule has 9 heteroatoms. The van der Waals surface area contributed by atoms with Crippen molar-refractivity contribution in [3.63, 3.8) is 0 Å². The number of carbonyl (C=O) groups excluding carboxylic acids is 1. The van der Waals surface area contributed by atoms with Crippen molar-refractivity contribution >= 4 is 5.97 Å². The number of carbonyl (C=O) groups is 1. The van der Waals surface area contributed by atoms with Gasteiger partial charge in [0.05, 0.1) is 12.2 Å². The zero-order valence-corrected chi connectivity index (χ0v) is 23.3. The van der Waals surface area contributed by atoms with Crippen molar-refractivity contribution in [1.29, 1.82) is 0 Å². The van der Waals surface area contributed by atoms with Crippen LogP contribution in [0, 0.1) is 17.8 Å². The Kier molecular flexibility index (Phi) is 7.13. The number of halogens is 4. The third-order valence-corrected chi connectivity index (χ3v) is 9.75. The molecule has 2 aromatic rings. The molecule has 6 atom stereocenters. The Morgan fingerprint density at radius 1 is 0.927 bits per heavy atom. The van der Waals surface area contributed by atoms with Gasteiger partial charge in [0.1, 0.15) is 11.4 Å². The molecule has 2 aromatic carbocycles. The fourth-order valence-corrected chi connectivity index (χ4v) is 7.55. The summed E-state index contributed by atoms with van der Waals surface area (Å²) in [5.74, 6) is -12.1. The van der Waals surface area contributed by atoms with Crippen LogP contribution in [0.3, 0.4) is 0 Å². The Labute approximate surface area is 237 Å². The van der Waals surface area contributed by atoms with E-state index in [-0.39, 0.29) is 25.9 Å². The third kappa shape index (κ3) is 4.83. The maximum Gasteiger partial charge on any atom is 0.344 e. The number of alkyl halides is 4. The number of hydrogen-bond acceptors (Lipinski definition) is 5. The first kappa shape index (κ1) is 28.5. The standard InChI is InChI=1S/C32H36F4O5/c1-3-30(15-7-8-16-30)39-26(37)19-38-23-13-11-22(12-14-23)31(21-9-5-4-6-10-21)40-27-20-17-24(28(27)41-31)25(18-20)32(35,36)29(2,33)34/h4-6,9-14,20,24-25,27-28H,3,7-8,15-19H2,1-2H3. The summed E-state index contributed by atoms with van der Waals surface area (Å²) in [6, 6.07) is 16.1. The number of ether oxygens (including phenoxy) is 4. The molecule has 41 heavy (non-hydrogen) atoms. The Morgan fingerprint density at radius 3 is 2.20 bits per heavy atom. The molecule has 0 N–H and O–H groups in total. The molecule has 0 radical (unpaired) electrons. The van der Waals surface area contributed by atoms with Crippen LogP contribution < -0.4 is 4.74 Å². The predicted molar refractivity (Wildman–Crippen MR) is 142 cm³/mol. The van der Waals surface area contributed by atoms with Crippen LogP contribution in [0.25, 0.3) is 0 Å². The van der Waals surface area contributed by atoms with E-state index in [9.17, 15) is 22.4 Å². The molecule has 6 rings (SSSR count). The van der Waals surface area contributed by atoms with Crippen LogP contribution in [0.1, 0.15) is 69.9 Å². The van der Waals surface area contributed by atoms with Crippen LogP contribution in [0.4, 0.5) is 17.6 Å². The smallest absolute Gasteiger partial charge is 0.344 e. The van der Waals surface area contributed by atoms with Crippen LogP contribution in [-0.4, -0.2) is 42.2 Å². The Bertz CT molecular complexity index is 1240. The lowest BCUT2D eigenvalue weighted by molar-refractivity contribution is -0.241. The van der Waals surface area contributed by atoms with E-state index in [1.165, 1.54) is 0 Å². The van der Waals surface area contributed by atoms with E-state index in [0.717, 1.165) is 32.1 Å². The minimum atomic E-state index is -4.13. The Balaban J connectivity index is 1.20. The van der Waals surface area contributed by atoms with Crippen LogP contribution in [0.5, 0.6) is 5.75 Å². The van der Waals surface area contributed by atoms with Crippen molar-refractivity contribution in [3.05, 3.63) is 65.7 Å². The summed E-state index contributed by atoms with van der Waals surface area (Å²) in [4.78, 5) is 12.5. The largest absolute Gasteiger partial charge is 0.482 e. The van der Waals surface area contributed by atoms with E-state index in [0.29, 0.717) is 23.3 Å². The molecule has 0 aromatic heterocycles. The van der Waals surface area contributed by atoms with Gasteiger partial charge in [0.2, 0.25) is 5.79 Å². The molecule has 4 fully saturated rings. The Morgan fingerprint density at radius 2 is 1.56 bits per heavy atom. The highest BCUT2D eigenvalue weighted by Crippen LogP contribution is 2.63. The molecule has 5 nitrogen and oxygen atoms in total. The first-order valence-corrected chi connectivity index (χ1v) is 14.6. The van der Waals surface area contributed by atoms with Crippen molar-refractivity contribution in [2.75, 3.05) is 6.61 Å². The monoisotopic (exact) mass is 576 g/mol. The zero-order chi connectivity index (χ0) is 29.0. The number of hydrogen-bond donors (Lipinski definition) is 0. The van der Waals surface area contributed by atoms with Crippen LogP contribution >= 0.6 is 0 Å². The summed E-state index contributed by atoms with van der Waals surface area (Å²) in [6.45, 7) is 2.10. The van der Waals surface area contributed by atoms with E-state index in [4.69, 9.17) is 18.9 Å². The Hall–Kier alpha value is -2.65. The van der Waals surface area contributed by atoms with E-state index in [2.05, 4.69) is 0 Å². The van der Waals surface area contributed by atoms with Gasteiger partial charge in [-0.15, -0.1) is 0 Å². The fourth-order valence-electron chi connectivity index (χ4n) is 7.55. The lowest BCUT2D eigenvalue weighted by Crippen LogP contribution is -2.50. The number of esters is 1. The molecular weight excluding hydrogens is 540 g/mol. The minimum absolute atomic E-state index is 0.0291. The van der Waals surface area contributed by atoms with Crippen molar-refractivity contribution in [3.8, 4) is 5.75 Å². The molecule has 3 saturated carbocycles. The van der Waals surface area contributed by atoms with E-state index < -0.39 is 53.2 Å². The first-order chi connectivity index (χ1) is 19.5. The number of benzene rings is 2. The summed E-state index contributed by atoms with van der Waals surface area (Å²) in [6.07, 6.45) is 3.74. The topological polar surface area (TPSA) is 54.0 Å². The van der Waals surface area contributed by atoms with Gasteiger partial charge in [-0.05, 0) is 81.0 Å². The molecule has 222 valence electrons. The fraction of sp³-hybridized carbons (Fsp3) is 0.594. The van der Waals surface area contributed by atoms with Crippen LogP contribution in [0.2, 0.25) is 0 Å². The average molecular weight is 577 g/mol. The number of fused-ring (bicyclic) bond motifs is 5. The van der Waals surface area contributed by atoms with Crippen molar-refractivity contribution in [2.24, 2.45) is 17.8 Å². The highest BCUT2D eigenvalue weighted by Gasteiger charge is 2.70. The summed E-state index contributed by atoms with van der Waals surface area (Å²) in [5, 5.41) is 0. The molecule has 4 aliphatic rings. The van der Waals surface area contributed by atoms with Gasteiger partial charge >= 0.3 is 17.8 Å². The van der Waals surface area contributed by atoms with Crippen LogP contribution in [-0.2, 0) is 24.8 Å². The van der Waals surface area contributed by atoms with Crippen molar-refractivity contribution < 1.29 is 41.3 Å². The highest BCUT2D eigenvalue weighted by molar-refractivity contribution is 5.71. The van der Waals surface area contributed by atoms with E-state index in [1.54, 1.807) is 24.3 Å². The van der Waals surface area contributed by atoms with Gasteiger partial charge < -0.3 is 18.9 Å². The summed E-state index contributed by atoms with van der Waals surface area (Å²) in [7, 11) is 0. The zero-order valence-electron chi connectivity index (χ0n) is 23.3. The van der Waals surface area contributed by atoms with Gasteiger partial charge in [-0.25, -0.2) is 13.6 Å². The van der Waals surface area contributed by atoms with Gasteiger partial charge in [-0.3, -0.25) is 0 Å². The molecule has 1 saturated heterocycles. The molecule has 1 heterocycles. The van der Waals surface area contributed by atoms with E-state index >= 15 is 0 Å². The maximum atomic E-state index is 14.8. The predicted octanol–water partition coefficient (Wildman–Crippen LogP) is 7.26. The van der Waals surface area contributed by atoms with Gasteiger partial charge in [0.25, 0.3) is 0 Å². The quantitative estimate of drug-likeness (QED) is 0.232. The molecule has 3 aliphatic carbocycles. The average Bonchev–Trinajstić information content (AvgIpc) is 3.74. The lowest BCUT2D eigenvalue weighted by atomic mass is 9.79. The van der Waals surface area contributed by atoms with Gasteiger partial charge in [0.15, 0.2) is 6.61 Å². The van der Waals surface area contributed by atoms with Crippen molar-refractivity contribution in [1.82, 2.24) is 0 Å². The second-order valence-electron chi connectivity index (χ2n) is 12.2. The molecule has 0 spiro atoms. The summed E-state index contributed by atoms with van der Waals surface area (Å²) >= 11 is 0. The molecule has 2 bridgehead atoms. The minimum Gasteiger partial charge on any atom is -0.482 e. The maximum absolute atomic E-state index is 14.8. The van der Waals surface area contributed by atoms with Crippen LogP contribution in [0.15, 0.2) is 54.6 Å². The second-order valence-corrected chi connectivity index (χ2v) is 12.2. The number of rotatable bonds is 9. The molecule has 0 amide bonds. The third-order valence-electron chi connectivity index (χ3n) is 9.75.